The molecule has 0 radical (unpaired) electrons. The topological polar surface area (TPSA) is 73.0 Å². The lowest BCUT2D eigenvalue weighted by Crippen LogP contribution is -2.52. The van der Waals surface area contributed by atoms with Crippen LogP contribution in [0.5, 0.6) is 0 Å². The van der Waals surface area contributed by atoms with Crippen LogP contribution < -0.4 is 5.32 Å². The molecule has 4 fully saturated rings. The number of amides is 4. The molecule has 2 heterocycles. The summed E-state index contributed by atoms with van der Waals surface area (Å²) in [5.74, 6) is 2.32. The van der Waals surface area contributed by atoms with Crippen molar-refractivity contribution in [1.29, 1.82) is 0 Å². The number of piperazine rings is 1. The number of nitrogens with zero attached hydrogens (tertiary/aromatic N) is 3. The van der Waals surface area contributed by atoms with Gasteiger partial charge in [0.15, 0.2) is 0 Å². The lowest BCUT2D eigenvalue weighted by atomic mass is 9.88. The molecule has 1 saturated heterocycles. The molecule has 0 bridgehead atoms. The maximum atomic E-state index is 12.4. The molecule has 4 amide bonds. The second-order valence-electron chi connectivity index (χ2n) is 12.0. The average molecular weight is 537 g/mol. The highest BCUT2D eigenvalue weighted by molar-refractivity contribution is 6.02. The van der Waals surface area contributed by atoms with Crippen molar-refractivity contribution in [2.75, 3.05) is 38.5 Å². The molecule has 1 aromatic carbocycles. The van der Waals surface area contributed by atoms with Gasteiger partial charge in [-0.1, -0.05) is 63.7 Å². The molecule has 39 heavy (non-hydrogen) atoms. The summed E-state index contributed by atoms with van der Waals surface area (Å²) in [6.07, 6.45) is 13.9. The number of aryl methyl sites for hydroxylation is 1. The highest BCUT2D eigenvalue weighted by Gasteiger charge is 2.36. The summed E-state index contributed by atoms with van der Waals surface area (Å²) in [5, 5.41) is 2.87. The summed E-state index contributed by atoms with van der Waals surface area (Å²) < 4.78 is 0. The third kappa shape index (κ3) is 8.09. The van der Waals surface area contributed by atoms with Crippen LogP contribution in [0.3, 0.4) is 0 Å². The molecule has 1 N–H and O–H groups in total. The van der Waals surface area contributed by atoms with Crippen molar-refractivity contribution in [1.82, 2.24) is 14.7 Å². The highest BCUT2D eigenvalue weighted by atomic mass is 16.2. The van der Waals surface area contributed by atoms with E-state index in [-0.39, 0.29) is 11.9 Å². The average Bonchev–Trinajstić information content (AvgIpc) is 3.89. The third-order valence-electron chi connectivity index (χ3n) is 8.41. The smallest absolute Gasteiger partial charge is 0.326 e. The van der Waals surface area contributed by atoms with Gasteiger partial charge in [0, 0.05) is 50.6 Å². The van der Waals surface area contributed by atoms with Crippen LogP contribution in [0.1, 0.15) is 89.2 Å². The molecule has 0 spiro atoms. The van der Waals surface area contributed by atoms with E-state index in [0.717, 1.165) is 81.1 Å². The Bertz CT molecular complexity index is 1050. The first-order valence-corrected chi connectivity index (χ1v) is 15.2. The van der Waals surface area contributed by atoms with E-state index in [0.29, 0.717) is 17.7 Å². The molecular weight excluding hydrogens is 488 g/mol. The second-order valence-corrected chi connectivity index (χ2v) is 12.0. The van der Waals surface area contributed by atoms with Crippen LogP contribution in [0, 0.1) is 24.7 Å². The lowest BCUT2D eigenvalue weighted by molar-refractivity contribution is -0.143. The van der Waals surface area contributed by atoms with E-state index in [4.69, 9.17) is 0 Å². The van der Waals surface area contributed by atoms with Gasteiger partial charge >= 0.3 is 6.03 Å². The first-order valence-electron chi connectivity index (χ1n) is 15.2. The van der Waals surface area contributed by atoms with Gasteiger partial charge in [-0.25, -0.2) is 4.79 Å². The maximum Gasteiger partial charge on any atom is 0.326 e. The fourth-order valence-electron chi connectivity index (χ4n) is 5.42. The Morgan fingerprint density at radius 3 is 1.92 bits per heavy atom. The first kappa shape index (κ1) is 29.2. The molecule has 2 aliphatic heterocycles. The molecule has 0 unspecified atom stereocenters. The van der Waals surface area contributed by atoms with Gasteiger partial charge in [0.25, 0.3) is 0 Å². The molecule has 214 valence electrons. The Balaban J connectivity index is 0.000000160. The zero-order valence-electron chi connectivity index (χ0n) is 24.5. The number of fused-ring (bicyclic) bond motifs is 1. The molecule has 5 aliphatic rings. The predicted octanol–water partition coefficient (Wildman–Crippen LogP) is 6.29. The van der Waals surface area contributed by atoms with Crippen LogP contribution in [0.25, 0.3) is 5.70 Å². The molecule has 3 saturated carbocycles. The molecule has 7 heteroatoms. The number of hydrogen-bond acceptors (Lipinski definition) is 3. The van der Waals surface area contributed by atoms with E-state index < -0.39 is 0 Å². The van der Waals surface area contributed by atoms with Gasteiger partial charge < -0.3 is 15.1 Å². The fourth-order valence-corrected chi connectivity index (χ4v) is 5.42. The molecular formula is C32H48N4O3. The number of anilines is 1. The third-order valence-corrected chi connectivity index (χ3v) is 8.41. The SMILES string of the molecule is CC1CC1.CCC=C1c2cc(C)ccc2NC(=O)N1C.O=C(C1CCCCC1)N1CCN(C(=O)C2CC2)CC1. The van der Waals surface area contributed by atoms with Crippen LogP contribution >= 0.6 is 0 Å². The highest BCUT2D eigenvalue weighted by Crippen LogP contribution is 2.33. The number of allylic oxidation sites excluding steroid dienone is 1. The Morgan fingerprint density at radius 1 is 0.897 bits per heavy atom. The number of rotatable bonds is 3. The quantitative estimate of drug-likeness (QED) is 0.494. The summed E-state index contributed by atoms with van der Waals surface area (Å²) in [6, 6.07) is 6.00. The fraction of sp³-hybridized carbons (Fsp3) is 0.656. The number of benzene rings is 1. The van der Waals surface area contributed by atoms with Crippen LogP contribution in [0.4, 0.5) is 10.5 Å². The van der Waals surface area contributed by atoms with Gasteiger partial charge in [0.05, 0.1) is 11.4 Å². The number of carbonyl (C=O) groups excluding carboxylic acids is 3. The van der Waals surface area contributed by atoms with Crippen molar-refractivity contribution in [2.45, 2.75) is 85.0 Å². The van der Waals surface area contributed by atoms with E-state index in [1.807, 2.05) is 21.9 Å². The first-order chi connectivity index (χ1) is 18.8. The minimum Gasteiger partial charge on any atom is -0.339 e. The van der Waals surface area contributed by atoms with Gasteiger partial charge in [-0.15, -0.1) is 0 Å². The van der Waals surface area contributed by atoms with Gasteiger partial charge in [-0.3, -0.25) is 14.5 Å². The Labute approximate surface area is 235 Å². The van der Waals surface area contributed by atoms with Crippen LogP contribution in [-0.2, 0) is 9.59 Å². The summed E-state index contributed by atoms with van der Waals surface area (Å²) in [4.78, 5) is 41.7. The summed E-state index contributed by atoms with van der Waals surface area (Å²) >= 11 is 0. The monoisotopic (exact) mass is 536 g/mol. The summed E-state index contributed by atoms with van der Waals surface area (Å²) in [7, 11) is 1.79. The summed E-state index contributed by atoms with van der Waals surface area (Å²) in [5.41, 5.74) is 4.19. The lowest BCUT2D eigenvalue weighted by Gasteiger charge is -2.37. The van der Waals surface area contributed by atoms with Gasteiger partial charge in [0.2, 0.25) is 11.8 Å². The van der Waals surface area contributed by atoms with Gasteiger partial charge in [-0.05, 0) is 57.1 Å². The van der Waals surface area contributed by atoms with Crippen molar-refractivity contribution in [2.24, 2.45) is 17.8 Å². The normalized spacial score (nSPS) is 22.2. The Kier molecular flexibility index (Phi) is 10.1. The van der Waals surface area contributed by atoms with Crippen molar-refractivity contribution < 1.29 is 14.4 Å². The molecule has 0 aromatic heterocycles. The Morgan fingerprint density at radius 2 is 1.44 bits per heavy atom. The van der Waals surface area contributed by atoms with Crippen molar-refractivity contribution in [3.63, 3.8) is 0 Å². The van der Waals surface area contributed by atoms with Gasteiger partial charge in [0.1, 0.15) is 0 Å². The van der Waals surface area contributed by atoms with Crippen LogP contribution in [-0.4, -0.2) is 65.8 Å². The van der Waals surface area contributed by atoms with Crippen LogP contribution in [0.2, 0.25) is 0 Å². The van der Waals surface area contributed by atoms with Gasteiger partial charge in [-0.2, -0.15) is 0 Å². The number of hydrogen-bond donors (Lipinski definition) is 1. The molecule has 6 rings (SSSR count). The molecule has 3 aliphatic carbocycles. The van der Waals surface area contributed by atoms with Crippen molar-refractivity contribution in [3.05, 3.63) is 35.4 Å². The van der Waals surface area contributed by atoms with E-state index in [1.165, 1.54) is 37.7 Å². The second kappa shape index (κ2) is 13.5. The molecule has 1 aromatic rings. The van der Waals surface area contributed by atoms with E-state index >= 15 is 0 Å². The zero-order chi connectivity index (χ0) is 27.9. The maximum absolute atomic E-state index is 12.4. The van der Waals surface area contributed by atoms with E-state index in [1.54, 1.807) is 11.9 Å². The zero-order valence-corrected chi connectivity index (χ0v) is 24.5. The minimum atomic E-state index is -0.0731. The largest absolute Gasteiger partial charge is 0.339 e. The molecule has 0 atom stereocenters. The Hall–Kier alpha value is -2.83. The van der Waals surface area contributed by atoms with Crippen LogP contribution in [0.15, 0.2) is 24.3 Å². The minimum absolute atomic E-state index is 0.0731. The summed E-state index contributed by atoms with van der Waals surface area (Å²) in [6.45, 7) is 9.38. The van der Waals surface area contributed by atoms with Crippen molar-refractivity contribution >= 4 is 29.2 Å². The predicted molar refractivity (Wildman–Crippen MR) is 157 cm³/mol. The standard InChI is InChI=1S/C15H24N2O2.C13H16N2O.C4H8/c18-14(12-4-2-1-3-5-12)16-8-10-17(11-9-16)15(19)13-6-7-13;1-4-5-12-10-8-9(2)6-7-11(10)14-13(16)15(12)3;1-4-2-3-4/h12-13H,1-11H2;5-8H,4H2,1-3H3,(H,14,16);4H,2-3H2,1H3. The van der Waals surface area contributed by atoms with E-state index in [2.05, 4.69) is 38.2 Å². The number of carbonyl (C=O) groups is 3. The van der Waals surface area contributed by atoms with Crippen molar-refractivity contribution in [3.8, 4) is 0 Å². The number of nitrogens with one attached hydrogen (secondary N) is 1. The number of urea groups is 1. The molecule has 7 nitrogen and oxygen atoms in total. The van der Waals surface area contributed by atoms with E-state index in [9.17, 15) is 14.4 Å².